The molecule has 0 unspecified atom stereocenters. The van der Waals surface area contributed by atoms with Crippen LogP contribution in [0.4, 0.5) is 0 Å². The van der Waals surface area contributed by atoms with Crippen molar-refractivity contribution in [3.63, 3.8) is 0 Å². The number of benzene rings is 1. The minimum absolute atomic E-state index is 0.0219. The molecule has 0 bridgehead atoms. The van der Waals surface area contributed by atoms with Crippen LogP contribution in [0.5, 0.6) is 0 Å². The SMILES string of the molecule is O=C1COC2(CCN(C(=O)c3ccc(Cn4cnnn4)cc3)CC2)CN1. The molecular weight excluding hydrogens is 336 g/mol. The van der Waals surface area contributed by atoms with E-state index < -0.39 is 0 Å². The molecule has 0 saturated carbocycles. The smallest absolute Gasteiger partial charge is 0.253 e. The second kappa shape index (κ2) is 6.83. The molecule has 2 fully saturated rings. The minimum Gasteiger partial charge on any atom is -0.363 e. The molecule has 136 valence electrons. The summed E-state index contributed by atoms with van der Waals surface area (Å²) in [6, 6.07) is 7.51. The lowest BCUT2D eigenvalue weighted by Crippen LogP contribution is -2.58. The van der Waals surface area contributed by atoms with Crippen LogP contribution in [0.15, 0.2) is 30.6 Å². The molecule has 26 heavy (non-hydrogen) atoms. The predicted octanol–water partition coefficient (Wildman–Crippen LogP) is -0.157. The van der Waals surface area contributed by atoms with Gasteiger partial charge in [0.15, 0.2) is 0 Å². The second-order valence-corrected chi connectivity index (χ2v) is 6.74. The van der Waals surface area contributed by atoms with Gasteiger partial charge in [-0.15, -0.1) is 5.10 Å². The number of amides is 2. The van der Waals surface area contributed by atoms with Gasteiger partial charge in [-0.3, -0.25) is 9.59 Å². The third-order valence-corrected chi connectivity index (χ3v) is 5.02. The highest BCUT2D eigenvalue weighted by molar-refractivity contribution is 5.94. The van der Waals surface area contributed by atoms with Crippen LogP contribution in [0, 0.1) is 0 Å². The van der Waals surface area contributed by atoms with Crippen molar-refractivity contribution in [3.05, 3.63) is 41.7 Å². The Balaban J connectivity index is 1.35. The molecule has 2 amide bonds. The highest BCUT2D eigenvalue weighted by Crippen LogP contribution is 2.28. The van der Waals surface area contributed by atoms with Crippen LogP contribution < -0.4 is 5.32 Å². The molecule has 1 spiro atoms. The number of nitrogens with zero attached hydrogens (tertiary/aromatic N) is 5. The van der Waals surface area contributed by atoms with Crippen LogP contribution in [-0.2, 0) is 16.1 Å². The molecule has 2 aliphatic heterocycles. The molecule has 1 N–H and O–H groups in total. The Bertz CT molecular complexity index is 769. The number of aromatic nitrogens is 4. The van der Waals surface area contributed by atoms with E-state index in [9.17, 15) is 9.59 Å². The predicted molar refractivity (Wildman–Crippen MR) is 90.2 cm³/mol. The average molecular weight is 356 g/mol. The van der Waals surface area contributed by atoms with Crippen LogP contribution in [0.2, 0.25) is 0 Å². The molecule has 9 heteroatoms. The molecule has 2 aromatic rings. The molecule has 2 aliphatic rings. The van der Waals surface area contributed by atoms with Gasteiger partial charge in [-0.2, -0.15) is 0 Å². The van der Waals surface area contributed by atoms with Gasteiger partial charge in [0, 0.05) is 25.2 Å². The summed E-state index contributed by atoms with van der Waals surface area (Å²) in [5.41, 5.74) is 1.37. The zero-order chi connectivity index (χ0) is 18.0. The fourth-order valence-corrected chi connectivity index (χ4v) is 3.39. The van der Waals surface area contributed by atoms with E-state index in [4.69, 9.17) is 4.74 Å². The number of hydrogen-bond acceptors (Lipinski definition) is 6. The van der Waals surface area contributed by atoms with Gasteiger partial charge in [-0.1, -0.05) is 12.1 Å². The molecule has 1 aromatic heterocycles. The zero-order valence-corrected chi connectivity index (χ0v) is 14.3. The Morgan fingerprint density at radius 3 is 2.62 bits per heavy atom. The van der Waals surface area contributed by atoms with E-state index in [0.717, 1.165) is 18.4 Å². The highest BCUT2D eigenvalue weighted by Gasteiger charge is 2.40. The van der Waals surface area contributed by atoms with Crippen molar-refractivity contribution in [1.29, 1.82) is 0 Å². The molecule has 2 saturated heterocycles. The molecule has 9 nitrogen and oxygen atoms in total. The van der Waals surface area contributed by atoms with E-state index >= 15 is 0 Å². The Morgan fingerprint density at radius 2 is 2.00 bits per heavy atom. The van der Waals surface area contributed by atoms with Gasteiger partial charge < -0.3 is 15.0 Å². The van der Waals surface area contributed by atoms with E-state index in [2.05, 4.69) is 20.8 Å². The molecule has 0 radical (unpaired) electrons. The lowest BCUT2D eigenvalue weighted by molar-refractivity contribution is -0.149. The quantitative estimate of drug-likeness (QED) is 0.820. The normalized spacial score (nSPS) is 19.4. The summed E-state index contributed by atoms with van der Waals surface area (Å²) < 4.78 is 7.38. The number of rotatable bonds is 3. The summed E-state index contributed by atoms with van der Waals surface area (Å²) in [7, 11) is 0. The maximum Gasteiger partial charge on any atom is 0.253 e. The van der Waals surface area contributed by atoms with E-state index in [1.165, 1.54) is 0 Å². The average Bonchev–Trinajstić information content (AvgIpc) is 3.18. The molecule has 0 atom stereocenters. The minimum atomic E-state index is -0.319. The number of ether oxygens (including phenoxy) is 1. The number of carbonyl (C=O) groups excluding carboxylic acids is 2. The van der Waals surface area contributed by atoms with Gasteiger partial charge in [0.1, 0.15) is 12.9 Å². The van der Waals surface area contributed by atoms with Crippen molar-refractivity contribution in [2.75, 3.05) is 26.2 Å². The number of morpholine rings is 1. The fraction of sp³-hybridized carbons (Fsp3) is 0.471. The largest absolute Gasteiger partial charge is 0.363 e. The third kappa shape index (κ3) is 3.43. The number of likely N-dealkylation sites (tertiary alicyclic amines) is 1. The summed E-state index contributed by atoms with van der Waals surface area (Å²) in [6.07, 6.45) is 3.02. The monoisotopic (exact) mass is 356 g/mol. The van der Waals surface area contributed by atoms with Crippen LogP contribution in [0.1, 0.15) is 28.8 Å². The molecule has 1 aromatic carbocycles. The lowest BCUT2D eigenvalue weighted by atomic mass is 9.89. The Hall–Kier alpha value is -2.81. The van der Waals surface area contributed by atoms with Crippen molar-refractivity contribution in [2.24, 2.45) is 0 Å². The van der Waals surface area contributed by atoms with Gasteiger partial charge in [0.05, 0.1) is 12.1 Å². The Labute approximate surface area is 150 Å². The van der Waals surface area contributed by atoms with Gasteiger partial charge >= 0.3 is 0 Å². The molecular formula is C17H20N6O3. The van der Waals surface area contributed by atoms with Gasteiger partial charge in [-0.25, -0.2) is 4.68 Å². The summed E-state index contributed by atoms with van der Waals surface area (Å²) in [4.78, 5) is 25.8. The maximum absolute atomic E-state index is 12.7. The summed E-state index contributed by atoms with van der Waals surface area (Å²) in [5.74, 6) is -0.0513. The summed E-state index contributed by atoms with van der Waals surface area (Å²) in [6.45, 7) is 2.45. The number of nitrogens with one attached hydrogen (secondary N) is 1. The first-order chi connectivity index (χ1) is 12.6. The third-order valence-electron chi connectivity index (χ3n) is 5.02. The first-order valence-electron chi connectivity index (χ1n) is 8.63. The van der Waals surface area contributed by atoms with Crippen LogP contribution in [0.25, 0.3) is 0 Å². The van der Waals surface area contributed by atoms with E-state index in [0.29, 0.717) is 31.7 Å². The van der Waals surface area contributed by atoms with Crippen molar-refractivity contribution in [2.45, 2.75) is 25.0 Å². The molecule has 3 heterocycles. The van der Waals surface area contributed by atoms with E-state index in [-0.39, 0.29) is 24.0 Å². The standard InChI is InChI=1S/C17H20N6O3/c24-15-10-26-17(11-18-15)5-7-22(8-6-17)16(25)14-3-1-13(2-4-14)9-23-12-19-20-21-23/h1-4,12H,5-11H2,(H,18,24). The van der Waals surface area contributed by atoms with E-state index in [1.54, 1.807) is 11.0 Å². The van der Waals surface area contributed by atoms with Crippen LogP contribution in [0.3, 0.4) is 0 Å². The van der Waals surface area contributed by atoms with Crippen LogP contribution in [-0.4, -0.2) is 68.8 Å². The first-order valence-corrected chi connectivity index (χ1v) is 8.63. The van der Waals surface area contributed by atoms with Crippen LogP contribution >= 0.6 is 0 Å². The Kier molecular flexibility index (Phi) is 4.37. The van der Waals surface area contributed by atoms with E-state index in [1.807, 2.05) is 29.2 Å². The van der Waals surface area contributed by atoms with Gasteiger partial charge in [-0.05, 0) is 41.0 Å². The van der Waals surface area contributed by atoms with Crippen molar-refractivity contribution >= 4 is 11.8 Å². The second-order valence-electron chi connectivity index (χ2n) is 6.74. The zero-order valence-electron chi connectivity index (χ0n) is 14.3. The van der Waals surface area contributed by atoms with Crippen molar-refractivity contribution in [3.8, 4) is 0 Å². The number of hydrogen-bond donors (Lipinski definition) is 1. The fourth-order valence-electron chi connectivity index (χ4n) is 3.39. The van der Waals surface area contributed by atoms with Gasteiger partial charge in [0.25, 0.3) is 5.91 Å². The Morgan fingerprint density at radius 1 is 1.23 bits per heavy atom. The maximum atomic E-state index is 12.7. The summed E-state index contributed by atoms with van der Waals surface area (Å²) >= 11 is 0. The van der Waals surface area contributed by atoms with Crippen molar-refractivity contribution < 1.29 is 14.3 Å². The molecule has 4 rings (SSSR count). The number of carbonyl (C=O) groups is 2. The van der Waals surface area contributed by atoms with Crippen molar-refractivity contribution in [1.82, 2.24) is 30.4 Å². The first kappa shape index (κ1) is 16.6. The highest BCUT2D eigenvalue weighted by atomic mass is 16.5. The lowest BCUT2D eigenvalue weighted by Gasteiger charge is -2.43. The molecule has 0 aliphatic carbocycles. The number of piperidine rings is 1. The number of tetrazole rings is 1. The summed E-state index contributed by atoms with van der Waals surface area (Å²) in [5, 5.41) is 13.9. The topological polar surface area (TPSA) is 102 Å². The van der Waals surface area contributed by atoms with Gasteiger partial charge in [0.2, 0.25) is 5.91 Å².